The van der Waals surface area contributed by atoms with Gasteiger partial charge in [-0.15, -0.1) is 0 Å². The molecular formula is C15H21NO. The highest BCUT2D eigenvalue weighted by Crippen LogP contribution is 2.38. The van der Waals surface area contributed by atoms with Crippen LogP contribution < -0.4 is 5.73 Å². The average Bonchev–Trinajstić information content (AvgIpc) is 2.32. The van der Waals surface area contributed by atoms with Gasteiger partial charge >= 0.3 is 0 Å². The maximum Gasteiger partial charge on any atom is 0.0698 e. The number of hydrogen-bond acceptors (Lipinski definition) is 2. The van der Waals surface area contributed by atoms with Crippen LogP contribution >= 0.6 is 0 Å². The number of nitrogens with two attached hydrogens (primary N) is 1. The van der Waals surface area contributed by atoms with Crippen molar-refractivity contribution in [2.45, 2.75) is 31.3 Å². The molecule has 0 heterocycles. The summed E-state index contributed by atoms with van der Waals surface area (Å²) in [4.78, 5) is 0. The van der Waals surface area contributed by atoms with Crippen molar-refractivity contribution in [3.63, 3.8) is 0 Å². The van der Waals surface area contributed by atoms with Crippen molar-refractivity contribution in [1.29, 1.82) is 0 Å². The SMILES string of the molecule is NCCC1(OC/C=C/c2ccccc2)CCC1. The average molecular weight is 231 g/mol. The van der Waals surface area contributed by atoms with Crippen molar-refractivity contribution in [2.75, 3.05) is 13.2 Å². The van der Waals surface area contributed by atoms with Crippen LogP contribution in [0.2, 0.25) is 0 Å². The Hall–Kier alpha value is -1.12. The van der Waals surface area contributed by atoms with Crippen LogP contribution in [0.15, 0.2) is 36.4 Å². The van der Waals surface area contributed by atoms with Crippen LogP contribution in [0, 0.1) is 0 Å². The van der Waals surface area contributed by atoms with E-state index in [1.807, 2.05) is 18.2 Å². The molecule has 1 fully saturated rings. The van der Waals surface area contributed by atoms with Crippen LogP contribution in [0.25, 0.3) is 6.08 Å². The van der Waals surface area contributed by atoms with Crippen LogP contribution in [0.5, 0.6) is 0 Å². The predicted octanol–water partition coefficient (Wildman–Crippen LogP) is 2.99. The third kappa shape index (κ3) is 3.42. The van der Waals surface area contributed by atoms with E-state index in [1.54, 1.807) is 0 Å². The van der Waals surface area contributed by atoms with Gasteiger partial charge in [0.1, 0.15) is 0 Å². The van der Waals surface area contributed by atoms with E-state index in [9.17, 15) is 0 Å². The van der Waals surface area contributed by atoms with Gasteiger partial charge in [0.05, 0.1) is 12.2 Å². The van der Waals surface area contributed by atoms with Crippen molar-refractivity contribution in [3.8, 4) is 0 Å². The Morgan fingerprint density at radius 3 is 2.59 bits per heavy atom. The summed E-state index contributed by atoms with van der Waals surface area (Å²) in [6.45, 7) is 1.41. The molecule has 0 saturated heterocycles. The van der Waals surface area contributed by atoms with Crippen molar-refractivity contribution >= 4 is 6.08 Å². The Morgan fingerprint density at radius 2 is 2.00 bits per heavy atom. The molecule has 0 aromatic heterocycles. The van der Waals surface area contributed by atoms with Gasteiger partial charge in [0.15, 0.2) is 0 Å². The minimum Gasteiger partial charge on any atom is -0.371 e. The van der Waals surface area contributed by atoms with Gasteiger partial charge in [0.2, 0.25) is 0 Å². The molecule has 2 nitrogen and oxygen atoms in total. The van der Waals surface area contributed by atoms with Gasteiger partial charge in [-0.1, -0.05) is 42.5 Å². The fourth-order valence-electron chi connectivity index (χ4n) is 2.27. The third-order valence-electron chi connectivity index (χ3n) is 3.46. The molecule has 2 heteroatoms. The van der Waals surface area contributed by atoms with E-state index in [2.05, 4.69) is 24.3 Å². The smallest absolute Gasteiger partial charge is 0.0698 e. The summed E-state index contributed by atoms with van der Waals surface area (Å²) in [6.07, 6.45) is 8.81. The van der Waals surface area contributed by atoms with Crippen molar-refractivity contribution in [3.05, 3.63) is 42.0 Å². The zero-order valence-electron chi connectivity index (χ0n) is 10.3. The maximum atomic E-state index is 5.96. The zero-order chi connectivity index (χ0) is 12.0. The molecule has 1 aromatic rings. The molecule has 1 aliphatic carbocycles. The molecule has 2 rings (SSSR count). The van der Waals surface area contributed by atoms with E-state index >= 15 is 0 Å². The first-order chi connectivity index (χ1) is 8.35. The summed E-state index contributed by atoms with van der Waals surface area (Å²) in [6, 6.07) is 10.3. The third-order valence-corrected chi connectivity index (χ3v) is 3.46. The molecule has 1 aromatic carbocycles. The maximum absolute atomic E-state index is 5.96. The van der Waals surface area contributed by atoms with Gasteiger partial charge in [-0.2, -0.15) is 0 Å². The Morgan fingerprint density at radius 1 is 1.24 bits per heavy atom. The summed E-state index contributed by atoms with van der Waals surface area (Å²) >= 11 is 0. The normalized spacial score (nSPS) is 18.2. The number of benzene rings is 1. The second-order valence-electron chi connectivity index (χ2n) is 4.70. The minimum absolute atomic E-state index is 0.0930. The van der Waals surface area contributed by atoms with Crippen LogP contribution in [0.1, 0.15) is 31.2 Å². The van der Waals surface area contributed by atoms with E-state index in [1.165, 1.54) is 24.8 Å². The lowest BCUT2D eigenvalue weighted by Crippen LogP contribution is -2.42. The van der Waals surface area contributed by atoms with E-state index in [4.69, 9.17) is 10.5 Å². The Bertz CT molecular complexity index is 354. The lowest BCUT2D eigenvalue weighted by Gasteiger charge is -2.41. The van der Waals surface area contributed by atoms with E-state index < -0.39 is 0 Å². The predicted molar refractivity (Wildman–Crippen MR) is 71.7 cm³/mol. The molecule has 2 N–H and O–H groups in total. The number of hydrogen-bond donors (Lipinski definition) is 1. The lowest BCUT2D eigenvalue weighted by atomic mass is 9.77. The summed E-state index contributed by atoms with van der Waals surface area (Å²) in [5.74, 6) is 0. The molecule has 1 aliphatic rings. The molecule has 0 spiro atoms. The zero-order valence-corrected chi connectivity index (χ0v) is 10.3. The number of rotatable bonds is 6. The Kier molecular flexibility index (Phi) is 4.35. The van der Waals surface area contributed by atoms with Gasteiger partial charge in [0.25, 0.3) is 0 Å². The topological polar surface area (TPSA) is 35.2 Å². The summed E-state index contributed by atoms with van der Waals surface area (Å²) in [5.41, 5.74) is 6.93. The Balaban J connectivity index is 1.77. The quantitative estimate of drug-likeness (QED) is 0.817. The first-order valence-electron chi connectivity index (χ1n) is 6.40. The summed E-state index contributed by atoms with van der Waals surface area (Å²) in [5, 5.41) is 0. The van der Waals surface area contributed by atoms with Gasteiger partial charge < -0.3 is 10.5 Å². The Labute approximate surface area is 103 Å². The standard InChI is InChI=1S/C15H21NO/c16-12-11-15(9-5-10-15)17-13-4-8-14-6-2-1-3-7-14/h1-4,6-8H,5,9-13,16H2/b8-4+. The van der Waals surface area contributed by atoms with E-state index in [0.29, 0.717) is 6.61 Å². The van der Waals surface area contributed by atoms with E-state index in [0.717, 1.165) is 13.0 Å². The summed E-state index contributed by atoms with van der Waals surface area (Å²) in [7, 11) is 0. The van der Waals surface area contributed by atoms with Crippen molar-refractivity contribution in [2.24, 2.45) is 5.73 Å². The van der Waals surface area contributed by atoms with Gasteiger partial charge in [0, 0.05) is 0 Å². The largest absolute Gasteiger partial charge is 0.371 e. The molecule has 0 atom stereocenters. The highest BCUT2D eigenvalue weighted by atomic mass is 16.5. The minimum atomic E-state index is 0.0930. The molecule has 0 radical (unpaired) electrons. The first kappa shape index (κ1) is 12.3. The molecule has 0 aliphatic heterocycles. The highest BCUT2D eigenvalue weighted by molar-refractivity contribution is 5.48. The molecule has 0 amide bonds. The molecule has 0 unspecified atom stereocenters. The van der Waals surface area contributed by atoms with E-state index in [-0.39, 0.29) is 5.60 Å². The lowest BCUT2D eigenvalue weighted by molar-refractivity contribution is -0.0917. The first-order valence-corrected chi connectivity index (χ1v) is 6.40. The second kappa shape index (κ2) is 5.99. The molecule has 0 bridgehead atoms. The molecular weight excluding hydrogens is 210 g/mol. The van der Waals surface area contributed by atoms with Crippen LogP contribution in [0.4, 0.5) is 0 Å². The van der Waals surface area contributed by atoms with Crippen LogP contribution in [-0.2, 0) is 4.74 Å². The fourth-order valence-corrected chi connectivity index (χ4v) is 2.27. The second-order valence-corrected chi connectivity index (χ2v) is 4.70. The van der Waals surface area contributed by atoms with Gasteiger partial charge in [-0.3, -0.25) is 0 Å². The molecule has 17 heavy (non-hydrogen) atoms. The molecule has 92 valence electrons. The highest BCUT2D eigenvalue weighted by Gasteiger charge is 2.36. The van der Waals surface area contributed by atoms with Crippen molar-refractivity contribution in [1.82, 2.24) is 0 Å². The summed E-state index contributed by atoms with van der Waals surface area (Å²) < 4.78 is 5.96. The van der Waals surface area contributed by atoms with Crippen molar-refractivity contribution < 1.29 is 4.74 Å². The monoisotopic (exact) mass is 231 g/mol. The molecule has 1 saturated carbocycles. The number of ether oxygens (including phenoxy) is 1. The van der Waals surface area contributed by atoms with Gasteiger partial charge in [-0.05, 0) is 37.8 Å². The van der Waals surface area contributed by atoms with Crippen LogP contribution in [-0.4, -0.2) is 18.8 Å². The van der Waals surface area contributed by atoms with Gasteiger partial charge in [-0.25, -0.2) is 0 Å². The van der Waals surface area contributed by atoms with Crippen LogP contribution in [0.3, 0.4) is 0 Å². The fraction of sp³-hybridized carbons (Fsp3) is 0.467.